The number of esters is 1. The van der Waals surface area contributed by atoms with Gasteiger partial charge in [-0.1, -0.05) is 6.92 Å². The van der Waals surface area contributed by atoms with Gasteiger partial charge in [0.2, 0.25) is 0 Å². The van der Waals surface area contributed by atoms with E-state index in [1.807, 2.05) is 4.90 Å². The van der Waals surface area contributed by atoms with Crippen molar-refractivity contribution in [3.63, 3.8) is 0 Å². The number of Topliss-reactive ketones (excluding diaryl/α,β-unsaturated/α-hetero) is 1. The number of pyridine rings is 1. The van der Waals surface area contributed by atoms with Gasteiger partial charge in [-0.15, -0.1) is 0 Å². The normalized spacial score (nSPS) is 14.2. The van der Waals surface area contributed by atoms with Gasteiger partial charge in [-0.2, -0.15) is 0 Å². The lowest BCUT2D eigenvalue weighted by Gasteiger charge is -2.32. The van der Waals surface area contributed by atoms with E-state index in [1.165, 1.54) is 6.20 Å². The molecule has 0 bridgehead atoms. The maximum Gasteiger partial charge on any atom is 0.354 e. The van der Waals surface area contributed by atoms with Crippen molar-refractivity contribution in [2.45, 2.75) is 33.1 Å². The van der Waals surface area contributed by atoms with E-state index < -0.39 is 4.92 Å². The molecular weight excluding hydrogens is 402 g/mol. The second-order valence-corrected chi connectivity index (χ2v) is 7.16. The molecule has 0 saturated carbocycles. The topological polar surface area (TPSA) is 112 Å². The number of rotatable bonds is 8. The molecule has 2 heterocycles. The Morgan fingerprint density at radius 1 is 1.16 bits per heavy atom. The van der Waals surface area contributed by atoms with Crippen molar-refractivity contribution in [2.24, 2.45) is 5.92 Å². The van der Waals surface area contributed by atoms with Crippen LogP contribution in [0.2, 0.25) is 0 Å². The number of hydrogen-bond donors (Lipinski definition) is 0. The molecule has 31 heavy (non-hydrogen) atoms. The lowest BCUT2D eigenvalue weighted by Crippen LogP contribution is -2.37. The van der Waals surface area contributed by atoms with Gasteiger partial charge >= 0.3 is 17.5 Å². The first kappa shape index (κ1) is 22.2. The van der Waals surface area contributed by atoms with Crippen LogP contribution in [0.1, 0.15) is 43.5 Å². The molecule has 3 rings (SSSR count). The third-order valence-corrected chi connectivity index (χ3v) is 5.22. The van der Waals surface area contributed by atoms with E-state index >= 15 is 0 Å². The standard InChI is InChI=1S/C22H25N3O6/c1-3-19(26)15-5-7-17(8-6-15)31-21-20(25(28)29)18(9-12-23-21)24-13-10-16(11-14-24)22(27)30-4-2/h5-9,12,16H,3-4,10-11,13-14H2,1-2H3. The zero-order chi connectivity index (χ0) is 22.4. The number of carbonyl (C=O) groups is 2. The molecule has 0 radical (unpaired) electrons. The minimum Gasteiger partial charge on any atom is -0.466 e. The number of benzene rings is 1. The van der Waals surface area contributed by atoms with Crippen molar-refractivity contribution in [3.8, 4) is 11.6 Å². The van der Waals surface area contributed by atoms with Crippen LogP contribution in [-0.2, 0) is 9.53 Å². The minimum atomic E-state index is -0.510. The highest BCUT2D eigenvalue weighted by Gasteiger charge is 2.32. The van der Waals surface area contributed by atoms with Crippen LogP contribution in [0.25, 0.3) is 0 Å². The summed E-state index contributed by atoms with van der Waals surface area (Å²) in [5.74, 6) is -0.188. The quantitative estimate of drug-likeness (QED) is 0.267. The Labute approximate surface area is 180 Å². The highest BCUT2D eigenvalue weighted by atomic mass is 16.6. The number of anilines is 1. The Morgan fingerprint density at radius 2 is 1.84 bits per heavy atom. The van der Waals surface area contributed by atoms with Crippen LogP contribution in [0.4, 0.5) is 11.4 Å². The summed E-state index contributed by atoms with van der Waals surface area (Å²) in [4.78, 5) is 41.0. The summed E-state index contributed by atoms with van der Waals surface area (Å²) in [5, 5.41) is 11.9. The van der Waals surface area contributed by atoms with Crippen LogP contribution in [0, 0.1) is 16.0 Å². The van der Waals surface area contributed by atoms with Crippen LogP contribution < -0.4 is 9.64 Å². The number of nitro groups is 1. The molecule has 9 nitrogen and oxygen atoms in total. The first-order valence-corrected chi connectivity index (χ1v) is 10.3. The van der Waals surface area contributed by atoms with Crippen LogP contribution in [0.5, 0.6) is 11.6 Å². The molecule has 1 aliphatic rings. The van der Waals surface area contributed by atoms with E-state index in [9.17, 15) is 19.7 Å². The Bertz CT molecular complexity index is 952. The summed E-state index contributed by atoms with van der Waals surface area (Å²) < 4.78 is 10.8. The lowest BCUT2D eigenvalue weighted by atomic mass is 9.96. The van der Waals surface area contributed by atoms with Gasteiger partial charge in [0.25, 0.3) is 0 Å². The van der Waals surface area contributed by atoms with Crippen molar-refractivity contribution in [1.29, 1.82) is 0 Å². The maximum absolute atomic E-state index is 12.0. The summed E-state index contributed by atoms with van der Waals surface area (Å²) in [7, 11) is 0. The molecule has 1 aliphatic heterocycles. The molecule has 1 saturated heterocycles. The average Bonchev–Trinajstić information content (AvgIpc) is 2.79. The summed E-state index contributed by atoms with van der Waals surface area (Å²) in [5.41, 5.74) is 0.719. The molecule has 164 valence electrons. The van der Waals surface area contributed by atoms with E-state index in [-0.39, 0.29) is 29.2 Å². The fraction of sp³-hybridized carbons (Fsp3) is 0.409. The molecule has 9 heteroatoms. The fourth-order valence-electron chi connectivity index (χ4n) is 3.57. The second-order valence-electron chi connectivity index (χ2n) is 7.16. The van der Waals surface area contributed by atoms with E-state index in [1.54, 1.807) is 44.2 Å². The molecular formula is C22H25N3O6. The van der Waals surface area contributed by atoms with Gasteiger partial charge in [-0.25, -0.2) is 4.98 Å². The number of piperidine rings is 1. The Balaban J connectivity index is 1.80. The fourth-order valence-corrected chi connectivity index (χ4v) is 3.57. The highest BCUT2D eigenvalue weighted by molar-refractivity contribution is 5.95. The van der Waals surface area contributed by atoms with Crippen molar-refractivity contribution in [3.05, 3.63) is 52.2 Å². The van der Waals surface area contributed by atoms with Crippen LogP contribution in [0.15, 0.2) is 36.5 Å². The predicted octanol–water partition coefficient (Wildman–Crippen LogP) is 4.15. The number of ether oxygens (including phenoxy) is 2. The second kappa shape index (κ2) is 10.0. The number of hydrogen-bond acceptors (Lipinski definition) is 8. The van der Waals surface area contributed by atoms with Crippen LogP contribution in [0.3, 0.4) is 0 Å². The predicted molar refractivity (Wildman–Crippen MR) is 114 cm³/mol. The first-order valence-electron chi connectivity index (χ1n) is 10.3. The Hall–Kier alpha value is -3.49. The molecule has 0 unspecified atom stereocenters. The molecule has 0 atom stereocenters. The van der Waals surface area contributed by atoms with Gasteiger partial charge in [0.05, 0.1) is 17.4 Å². The van der Waals surface area contributed by atoms with E-state index in [4.69, 9.17) is 9.47 Å². The Kier molecular flexibility index (Phi) is 7.17. The molecule has 1 aromatic heterocycles. The van der Waals surface area contributed by atoms with E-state index in [0.717, 1.165) is 0 Å². The molecule has 1 fully saturated rings. The summed E-state index contributed by atoms with van der Waals surface area (Å²) in [6.07, 6.45) is 2.97. The summed E-state index contributed by atoms with van der Waals surface area (Å²) in [6.45, 7) is 4.86. The molecule has 1 aromatic carbocycles. The molecule has 0 N–H and O–H groups in total. The molecule has 2 aromatic rings. The third kappa shape index (κ3) is 5.17. The van der Waals surface area contributed by atoms with Gasteiger partial charge in [0.15, 0.2) is 5.78 Å². The van der Waals surface area contributed by atoms with Gasteiger partial charge in [0, 0.05) is 31.3 Å². The molecule has 0 spiro atoms. The zero-order valence-electron chi connectivity index (χ0n) is 17.6. The number of nitrogens with zero attached hydrogens (tertiary/aromatic N) is 3. The minimum absolute atomic E-state index is 0.00359. The van der Waals surface area contributed by atoms with Crippen molar-refractivity contribution >= 4 is 23.1 Å². The summed E-state index contributed by atoms with van der Waals surface area (Å²) >= 11 is 0. The van der Waals surface area contributed by atoms with Gasteiger partial charge in [-0.05, 0) is 50.1 Å². The molecule has 0 aliphatic carbocycles. The van der Waals surface area contributed by atoms with Gasteiger partial charge in [-0.3, -0.25) is 19.7 Å². The maximum atomic E-state index is 12.0. The first-order chi connectivity index (χ1) is 14.9. The van der Waals surface area contributed by atoms with Crippen LogP contribution in [-0.4, -0.2) is 41.4 Å². The van der Waals surface area contributed by atoms with Crippen LogP contribution >= 0.6 is 0 Å². The lowest BCUT2D eigenvalue weighted by molar-refractivity contribution is -0.385. The largest absolute Gasteiger partial charge is 0.466 e. The summed E-state index contributed by atoms with van der Waals surface area (Å²) in [6, 6.07) is 8.00. The number of carbonyl (C=O) groups excluding carboxylic acids is 2. The SMILES string of the molecule is CCOC(=O)C1CCN(c2ccnc(Oc3ccc(C(=O)CC)cc3)c2[N+](=O)[O-])CC1. The Morgan fingerprint density at radius 3 is 2.42 bits per heavy atom. The smallest absolute Gasteiger partial charge is 0.354 e. The van der Waals surface area contributed by atoms with Crippen molar-refractivity contribution in [2.75, 3.05) is 24.6 Å². The number of ketones is 1. The number of aromatic nitrogens is 1. The monoisotopic (exact) mass is 427 g/mol. The highest BCUT2D eigenvalue weighted by Crippen LogP contribution is 2.39. The zero-order valence-corrected chi connectivity index (χ0v) is 17.6. The third-order valence-electron chi connectivity index (χ3n) is 5.22. The van der Waals surface area contributed by atoms with Crippen molar-refractivity contribution < 1.29 is 24.0 Å². The van der Waals surface area contributed by atoms with Crippen molar-refractivity contribution in [1.82, 2.24) is 4.98 Å². The van der Waals surface area contributed by atoms with Gasteiger partial charge < -0.3 is 14.4 Å². The molecule has 0 amide bonds. The van der Waals surface area contributed by atoms with E-state index in [0.29, 0.717) is 56.0 Å². The van der Waals surface area contributed by atoms with Gasteiger partial charge in [0.1, 0.15) is 11.4 Å². The average molecular weight is 427 g/mol. The van der Waals surface area contributed by atoms with E-state index in [2.05, 4.69) is 4.98 Å².